The molecule has 0 aromatic heterocycles. The lowest BCUT2D eigenvalue weighted by atomic mass is 9.43. The Bertz CT molecular complexity index is 1120. The Morgan fingerprint density at radius 2 is 1.79 bits per heavy atom. The summed E-state index contributed by atoms with van der Waals surface area (Å²) in [6.45, 7) is 10.9. The molecule has 4 aliphatic rings. The van der Waals surface area contributed by atoms with Crippen molar-refractivity contribution in [3.8, 4) is 0 Å². The van der Waals surface area contributed by atoms with E-state index in [1.807, 2.05) is 30.3 Å². The van der Waals surface area contributed by atoms with Crippen molar-refractivity contribution in [2.75, 3.05) is 13.1 Å². The summed E-state index contributed by atoms with van der Waals surface area (Å²) in [6.07, 6.45) is -1.73. The summed E-state index contributed by atoms with van der Waals surface area (Å²) in [4.78, 5) is 25.5. The quantitative estimate of drug-likeness (QED) is 0.223. The molecule has 5 rings (SSSR count). The van der Waals surface area contributed by atoms with Gasteiger partial charge in [0.25, 0.3) is 0 Å². The van der Waals surface area contributed by atoms with E-state index in [9.17, 15) is 22.8 Å². The lowest BCUT2D eigenvalue weighted by Gasteiger charge is -2.64. The number of carbonyl (C=O) groups is 2. The number of benzene rings is 1. The van der Waals surface area contributed by atoms with Gasteiger partial charge in [-0.3, -0.25) is 10.1 Å². The molecule has 3 aliphatic carbocycles. The van der Waals surface area contributed by atoms with Crippen molar-refractivity contribution in [3.63, 3.8) is 0 Å². The van der Waals surface area contributed by atoms with Crippen molar-refractivity contribution in [1.82, 2.24) is 16.0 Å². The van der Waals surface area contributed by atoms with Crippen molar-refractivity contribution >= 4 is 19.1 Å². The Morgan fingerprint density at radius 3 is 2.42 bits per heavy atom. The van der Waals surface area contributed by atoms with E-state index in [0.29, 0.717) is 31.1 Å². The molecule has 1 heterocycles. The average Bonchev–Trinajstić information content (AvgIpc) is 3.26. The fraction of sp³-hybridized carbons (Fsp3) is 0.742. The number of carbonyl (C=O) groups excluding carboxylic acids is 2. The SMILES string of the molecule is CC(C)(C)OC(=O)NCCCC[C@H](NCC(F)(F)F)C(=O)N[C@@H](Cc1ccccc1)B1O[C@@H]2C[C@@H]3C[C@@H](C3(C)C)[C@]2(C)O1. The third-order valence-corrected chi connectivity index (χ3v) is 9.38. The molecule has 0 radical (unpaired) electrons. The highest BCUT2D eigenvalue weighted by Gasteiger charge is 2.68. The monoisotopic (exact) mass is 609 g/mol. The van der Waals surface area contributed by atoms with E-state index in [4.69, 9.17) is 14.0 Å². The predicted molar refractivity (Wildman–Crippen MR) is 158 cm³/mol. The van der Waals surface area contributed by atoms with E-state index in [1.54, 1.807) is 20.8 Å². The summed E-state index contributed by atoms with van der Waals surface area (Å²) in [7, 11) is -0.726. The number of ether oxygens (including phenoxy) is 1. The van der Waals surface area contributed by atoms with Gasteiger partial charge in [-0.2, -0.15) is 13.2 Å². The molecule has 4 fully saturated rings. The van der Waals surface area contributed by atoms with E-state index in [-0.39, 0.29) is 24.5 Å². The predicted octanol–water partition coefficient (Wildman–Crippen LogP) is 5.20. The van der Waals surface area contributed by atoms with Crippen LogP contribution < -0.4 is 16.0 Å². The number of alkyl halides is 3. The van der Waals surface area contributed by atoms with E-state index < -0.39 is 55.0 Å². The van der Waals surface area contributed by atoms with Gasteiger partial charge in [-0.25, -0.2) is 4.79 Å². The zero-order valence-corrected chi connectivity index (χ0v) is 26.2. The second-order valence-electron chi connectivity index (χ2n) is 14.1. The summed E-state index contributed by atoms with van der Waals surface area (Å²) in [5, 5.41) is 8.04. The Balaban J connectivity index is 1.42. The first-order chi connectivity index (χ1) is 20.0. The first kappa shape index (κ1) is 33.6. The number of amides is 2. The largest absolute Gasteiger partial charge is 0.482 e. The van der Waals surface area contributed by atoms with Crippen LogP contribution in [-0.4, -0.2) is 67.7 Å². The average molecular weight is 610 g/mol. The maximum atomic E-state index is 13.6. The maximum Gasteiger partial charge on any atom is 0.482 e. The summed E-state index contributed by atoms with van der Waals surface area (Å²) < 4.78 is 57.8. The van der Waals surface area contributed by atoms with Crippen LogP contribution in [0.2, 0.25) is 0 Å². The molecule has 3 N–H and O–H groups in total. The van der Waals surface area contributed by atoms with Crippen LogP contribution in [0.15, 0.2) is 30.3 Å². The molecule has 240 valence electrons. The highest BCUT2D eigenvalue weighted by atomic mass is 19.4. The fourth-order valence-corrected chi connectivity index (χ4v) is 6.98. The number of alkyl carbamates (subject to hydrolysis) is 1. The van der Waals surface area contributed by atoms with Gasteiger partial charge in [-0.1, -0.05) is 44.2 Å². The highest BCUT2D eigenvalue weighted by molar-refractivity contribution is 6.48. The summed E-state index contributed by atoms with van der Waals surface area (Å²) in [5.41, 5.74) is -0.0221. The molecular weight excluding hydrogens is 562 g/mol. The van der Waals surface area contributed by atoms with Crippen LogP contribution in [0.3, 0.4) is 0 Å². The van der Waals surface area contributed by atoms with Gasteiger partial charge in [0, 0.05) is 6.54 Å². The van der Waals surface area contributed by atoms with Crippen molar-refractivity contribution in [3.05, 3.63) is 35.9 Å². The number of hydrogen-bond acceptors (Lipinski definition) is 6. The zero-order valence-electron chi connectivity index (χ0n) is 26.2. The number of unbranched alkanes of at least 4 members (excludes halogenated alkanes) is 1. The van der Waals surface area contributed by atoms with Crippen molar-refractivity contribution in [2.24, 2.45) is 17.3 Å². The van der Waals surface area contributed by atoms with E-state index in [0.717, 1.165) is 18.4 Å². The fourth-order valence-electron chi connectivity index (χ4n) is 6.98. The molecule has 3 saturated carbocycles. The van der Waals surface area contributed by atoms with Crippen LogP contribution in [0.1, 0.15) is 79.2 Å². The molecule has 1 aliphatic heterocycles. The maximum absolute atomic E-state index is 13.6. The molecule has 12 heteroatoms. The topological polar surface area (TPSA) is 97.9 Å². The number of rotatable bonds is 12. The Morgan fingerprint density at radius 1 is 1.09 bits per heavy atom. The van der Waals surface area contributed by atoms with Crippen molar-refractivity contribution < 1.29 is 36.8 Å². The molecule has 1 aromatic carbocycles. The normalized spacial score (nSPS) is 27.5. The van der Waals surface area contributed by atoms with Crippen LogP contribution >= 0.6 is 0 Å². The van der Waals surface area contributed by atoms with Gasteiger partial charge < -0.3 is 24.7 Å². The smallest absolute Gasteiger partial charge is 0.444 e. The highest BCUT2D eigenvalue weighted by Crippen LogP contribution is 2.65. The van der Waals surface area contributed by atoms with Gasteiger partial charge in [0.1, 0.15) is 5.60 Å². The summed E-state index contributed by atoms with van der Waals surface area (Å²) in [5.74, 6) is -0.248. The van der Waals surface area contributed by atoms with Crippen LogP contribution in [-0.2, 0) is 25.3 Å². The van der Waals surface area contributed by atoms with Gasteiger partial charge in [-0.15, -0.1) is 0 Å². The van der Waals surface area contributed by atoms with Crippen LogP contribution in [0, 0.1) is 17.3 Å². The Labute approximate surface area is 253 Å². The van der Waals surface area contributed by atoms with Gasteiger partial charge in [-0.05, 0) is 89.0 Å². The first-order valence-electron chi connectivity index (χ1n) is 15.4. The molecular formula is C31H47BF3N3O5. The van der Waals surface area contributed by atoms with E-state index >= 15 is 0 Å². The van der Waals surface area contributed by atoms with E-state index in [2.05, 4.69) is 36.7 Å². The van der Waals surface area contributed by atoms with Crippen LogP contribution in [0.25, 0.3) is 0 Å². The molecule has 8 nitrogen and oxygen atoms in total. The molecule has 0 spiro atoms. The molecule has 1 saturated heterocycles. The lowest BCUT2D eigenvalue weighted by Crippen LogP contribution is -2.65. The first-order valence-corrected chi connectivity index (χ1v) is 15.4. The third-order valence-electron chi connectivity index (χ3n) is 9.38. The minimum Gasteiger partial charge on any atom is -0.444 e. The molecule has 1 aromatic rings. The number of halogens is 3. The van der Waals surface area contributed by atoms with E-state index in [1.165, 1.54) is 0 Å². The van der Waals surface area contributed by atoms with Crippen LogP contribution in [0.5, 0.6) is 0 Å². The molecule has 6 atom stereocenters. The standard InChI is InChI=1S/C31H47BF3N3O5/c1-28(2,3)41-27(40)36-15-11-10-14-22(37-19-31(33,34)35)26(39)38-25(16-20-12-8-7-9-13-20)32-42-24-18-21-17-23(29(21,4)5)30(24,6)43-32/h7-9,12-13,21-25,37H,10-11,14-19H2,1-6H3,(H,36,40)(H,38,39)/t21-,22-,23-,24+,25-,30-/m0/s1. The van der Waals surface area contributed by atoms with Gasteiger partial charge >= 0.3 is 19.4 Å². The Hall–Kier alpha value is -2.31. The van der Waals surface area contributed by atoms with Gasteiger partial charge in [0.15, 0.2) is 0 Å². The second kappa shape index (κ2) is 13.0. The minimum absolute atomic E-state index is 0.0962. The third kappa shape index (κ3) is 8.45. The lowest BCUT2D eigenvalue weighted by molar-refractivity contribution is -0.199. The minimum atomic E-state index is -4.48. The summed E-state index contributed by atoms with van der Waals surface area (Å²) in [6, 6.07) is 8.51. The second-order valence-corrected chi connectivity index (χ2v) is 14.1. The molecule has 2 amide bonds. The van der Waals surface area contributed by atoms with Gasteiger partial charge in [0.05, 0.1) is 30.2 Å². The molecule has 2 bridgehead atoms. The Kier molecular flexibility index (Phi) is 10.1. The zero-order chi connectivity index (χ0) is 31.6. The number of nitrogens with one attached hydrogen (secondary N) is 3. The summed E-state index contributed by atoms with van der Waals surface area (Å²) >= 11 is 0. The molecule has 43 heavy (non-hydrogen) atoms. The van der Waals surface area contributed by atoms with Crippen molar-refractivity contribution in [1.29, 1.82) is 0 Å². The van der Waals surface area contributed by atoms with Crippen LogP contribution in [0.4, 0.5) is 18.0 Å². The van der Waals surface area contributed by atoms with Gasteiger partial charge in [0.2, 0.25) is 5.91 Å². The van der Waals surface area contributed by atoms with Crippen molar-refractivity contribution in [2.45, 2.75) is 116 Å². The molecule has 0 unspecified atom stereocenters. The number of hydrogen-bond donors (Lipinski definition) is 3.